The first-order chi connectivity index (χ1) is 8.46. The molecule has 2 unspecified atom stereocenters. The van der Waals surface area contributed by atoms with Gasteiger partial charge in [-0.05, 0) is 45.4 Å². The third kappa shape index (κ3) is 3.78. The van der Waals surface area contributed by atoms with Crippen molar-refractivity contribution in [2.75, 3.05) is 12.3 Å². The third-order valence-corrected chi connectivity index (χ3v) is 5.86. The van der Waals surface area contributed by atoms with Crippen LogP contribution in [0.2, 0.25) is 0 Å². The van der Waals surface area contributed by atoms with Crippen molar-refractivity contribution in [3.8, 4) is 0 Å². The summed E-state index contributed by atoms with van der Waals surface area (Å²) in [6.45, 7) is 4.85. The molecule has 4 nitrogen and oxygen atoms in total. The highest BCUT2D eigenvalue weighted by molar-refractivity contribution is 7.89. The summed E-state index contributed by atoms with van der Waals surface area (Å²) in [4.78, 5) is 2.27. The molecule has 1 fully saturated rings. The molecule has 18 heavy (non-hydrogen) atoms. The molecule has 1 aromatic heterocycles. The van der Waals surface area contributed by atoms with Crippen molar-refractivity contribution in [2.24, 2.45) is 0 Å². The topological polar surface area (TPSA) is 58.2 Å². The Hall–Kier alpha value is -0.430. The van der Waals surface area contributed by atoms with Gasteiger partial charge in [-0.3, -0.25) is 0 Å². The molecule has 0 aromatic carbocycles. The third-order valence-electron chi connectivity index (χ3n) is 3.13. The molecular formula is C12H20N2O2S2. The maximum atomic E-state index is 12.0. The van der Waals surface area contributed by atoms with Gasteiger partial charge in [-0.1, -0.05) is 0 Å². The van der Waals surface area contributed by atoms with E-state index in [0.29, 0.717) is 0 Å². The van der Waals surface area contributed by atoms with Crippen LogP contribution in [0.15, 0.2) is 12.1 Å². The first kappa shape index (κ1) is 14.0. The molecule has 0 aliphatic carbocycles. The van der Waals surface area contributed by atoms with Crippen LogP contribution in [0.4, 0.5) is 0 Å². The van der Waals surface area contributed by atoms with E-state index in [1.165, 1.54) is 4.88 Å². The van der Waals surface area contributed by atoms with Crippen LogP contribution in [-0.4, -0.2) is 26.8 Å². The summed E-state index contributed by atoms with van der Waals surface area (Å²) < 4.78 is 26.8. The van der Waals surface area contributed by atoms with E-state index in [0.717, 1.165) is 24.3 Å². The van der Waals surface area contributed by atoms with Crippen LogP contribution in [-0.2, 0) is 10.0 Å². The fraction of sp³-hybridized carbons (Fsp3) is 0.667. The Bertz CT molecular complexity index is 490. The molecule has 1 saturated heterocycles. The fourth-order valence-corrected chi connectivity index (χ4v) is 4.76. The van der Waals surface area contributed by atoms with Crippen molar-refractivity contribution in [3.63, 3.8) is 0 Å². The summed E-state index contributed by atoms with van der Waals surface area (Å²) in [7, 11) is -3.21. The predicted octanol–water partition coefficient (Wildman–Crippen LogP) is 1.79. The van der Waals surface area contributed by atoms with Gasteiger partial charge in [0.05, 0.1) is 11.8 Å². The zero-order valence-corrected chi connectivity index (χ0v) is 12.4. The molecule has 1 aliphatic heterocycles. The number of hydrogen-bond acceptors (Lipinski definition) is 4. The van der Waals surface area contributed by atoms with Gasteiger partial charge in [0.2, 0.25) is 10.0 Å². The summed E-state index contributed by atoms with van der Waals surface area (Å²) >= 11 is 1.64. The molecule has 0 spiro atoms. The van der Waals surface area contributed by atoms with Gasteiger partial charge in [0.15, 0.2) is 0 Å². The summed E-state index contributed by atoms with van der Waals surface area (Å²) in [6.07, 6.45) is 2.02. The molecule has 0 bridgehead atoms. The van der Waals surface area contributed by atoms with Crippen LogP contribution < -0.4 is 10.0 Å². The predicted molar refractivity (Wildman–Crippen MR) is 75.4 cm³/mol. The van der Waals surface area contributed by atoms with E-state index in [1.807, 2.05) is 26.0 Å². The first-order valence-corrected chi connectivity index (χ1v) is 8.73. The summed E-state index contributed by atoms with van der Waals surface area (Å²) in [6, 6.07) is 3.97. The SMILES string of the molecule is Cc1ccc(C(C)NS(=O)(=O)CC2CCCN2)s1. The van der Waals surface area contributed by atoms with E-state index in [9.17, 15) is 8.42 Å². The van der Waals surface area contributed by atoms with Crippen LogP contribution in [0.25, 0.3) is 0 Å². The molecule has 1 aromatic rings. The maximum absolute atomic E-state index is 12.0. The Morgan fingerprint density at radius 2 is 2.33 bits per heavy atom. The number of thiophene rings is 1. The second-order valence-corrected chi connectivity index (χ2v) is 7.98. The van der Waals surface area contributed by atoms with Crippen LogP contribution in [0.1, 0.15) is 35.6 Å². The lowest BCUT2D eigenvalue weighted by atomic mass is 10.3. The standard InChI is InChI=1S/C12H20N2O2S2/c1-9-5-6-12(17-9)10(2)14-18(15,16)8-11-4-3-7-13-11/h5-6,10-11,13-14H,3-4,7-8H2,1-2H3. The molecular weight excluding hydrogens is 268 g/mol. The minimum Gasteiger partial charge on any atom is -0.313 e. The van der Waals surface area contributed by atoms with Gasteiger partial charge in [0.25, 0.3) is 0 Å². The molecule has 2 heterocycles. The van der Waals surface area contributed by atoms with Gasteiger partial charge >= 0.3 is 0 Å². The maximum Gasteiger partial charge on any atom is 0.213 e. The Labute approximate surface area is 113 Å². The molecule has 1 aliphatic rings. The summed E-state index contributed by atoms with van der Waals surface area (Å²) in [5, 5.41) is 3.21. The molecule has 2 atom stereocenters. The normalized spacial score (nSPS) is 22.2. The average molecular weight is 288 g/mol. The molecule has 0 radical (unpaired) electrons. The zero-order valence-electron chi connectivity index (χ0n) is 10.8. The van der Waals surface area contributed by atoms with Crippen molar-refractivity contribution in [1.82, 2.24) is 10.0 Å². The molecule has 2 rings (SSSR count). The highest BCUT2D eigenvalue weighted by atomic mass is 32.2. The van der Waals surface area contributed by atoms with Crippen molar-refractivity contribution in [3.05, 3.63) is 21.9 Å². The smallest absolute Gasteiger partial charge is 0.213 e. The quantitative estimate of drug-likeness (QED) is 0.868. The monoisotopic (exact) mass is 288 g/mol. The van der Waals surface area contributed by atoms with Crippen molar-refractivity contribution in [2.45, 2.75) is 38.8 Å². The first-order valence-electron chi connectivity index (χ1n) is 6.26. The van der Waals surface area contributed by atoms with Gasteiger partial charge in [0.1, 0.15) is 0 Å². The number of aryl methyl sites for hydroxylation is 1. The van der Waals surface area contributed by atoms with E-state index in [4.69, 9.17) is 0 Å². The minimum atomic E-state index is -3.21. The number of nitrogens with one attached hydrogen (secondary N) is 2. The Kier molecular flexibility index (Phi) is 4.42. The molecule has 6 heteroatoms. The van der Waals surface area contributed by atoms with E-state index in [2.05, 4.69) is 10.0 Å². The van der Waals surface area contributed by atoms with Gasteiger partial charge < -0.3 is 5.32 Å². The van der Waals surface area contributed by atoms with Crippen LogP contribution >= 0.6 is 11.3 Å². The molecule has 2 N–H and O–H groups in total. The van der Waals surface area contributed by atoms with E-state index in [1.54, 1.807) is 11.3 Å². The lowest BCUT2D eigenvalue weighted by Gasteiger charge is -2.15. The van der Waals surface area contributed by atoms with Gasteiger partial charge in [-0.2, -0.15) is 0 Å². The lowest BCUT2D eigenvalue weighted by molar-refractivity contribution is 0.552. The molecule has 0 amide bonds. The average Bonchev–Trinajstić information content (AvgIpc) is 2.87. The Balaban J connectivity index is 1.94. The van der Waals surface area contributed by atoms with Crippen molar-refractivity contribution < 1.29 is 8.42 Å². The van der Waals surface area contributed by atoms with Crippen LogP contribution in [0, 0.1) is 6.92 Å². The van der Waals surface area contributed by atoms with Crippen molar-refractivity contribution in [1.29, 1.82) is 0 Å². The lowest BCUT2D eigenvalue weighted by Crippen LogP contribution is -2.37. The van der Waals surface area contributed by atoms with Crippen LogP contribution in [0.3, 0.4) is 0 Å². The van der Waals surface area contributed by atoms with E-state index >= 15 is 0 Å². The summed E-state index contributed by atoms with van der Waals surface area (Å²) in [5.41, 5.74) is 0. The van der Waals surface area contributed by atoms with Gasteiger partial charge in [0, 0.05) is 15.8 Å². The summed E-state index contributed by atoms with van der Waals surface area (Å²) in [5.74, 6) is 0.182. The second kappa shape index (κ2) is 5.69. The van der Waals surface area contributed by atoms with E-state index in [-0.39, 0.29) is 17.8 Å². The van der Waals surface area contributed by atoms with Crippen LogP contribution in [0.5, 0.6) is 0 Å². The largest absolute Gasteiger partial charge is 0.313 e. The Morgan fingerprint density at radius 3 is 2.89 bits per heavy atom. The van der Waals surface area contributed by atoms with E-state index < -0.39 is 10.0 Å². The van der Waals surface area contributed by atoms with Gasteiger partial charge in [-0.25, -0.2) is 13.1 Å². The number of rotatable bonds is 5. The minimum absolute atomic E-state index is 0.111. The van der Waals surface area contributed by atoms with Crippen molar-refractivity contribution >= 4 is 21.4 Å². The molecule has 0 saturated carbocycles. The zero-order chi connectivity index (χ0) is 13.2. The molecule has 102 valence electrons. The fourth-order valence-electron chi connectivity index (χ4n) is 2.23. The highest BCUT2D eigenvalue weighted by Gasteiger charge is 2.24. The number of sulfonamides is 1. The Morgan fingerprint density at radius 1 is 1.56 bits per heavy atom. The van der Waals surface area contributed by atoms with Gasteiger partial charge in [-0.15, -0.1) is 11.3 Å². The highest BCUT2D eigenvalue weighted by Crippen LogP contribution is 2.23. The number of hydrogen-bond donors (Lipinski definition) is 2. The second-order valence-electron chi connectivity index (χ2n) is 4.86.